The van der Waals surface area contributed by atoms with E-state index in [4.69, 9.17) is 4.74 Å². The van der Waals surface area contributed by atoms with Crippen molar-refractivity contribution in [1.82, 2.24) is 4.90 Å². The quantitative estimate of drug-likeness (QED) is 0.744. The van der Waals surface area contributed by atoms with Gasteiger partial charge in [0, 0.05) is 19.4 Å². The number of hydrogen-bond acceptors (Lipinski definition) is 3. The normalized spacial score (nSPS) is 20.4. The lowest BCUT2D eigenvalue weighted by molar-refractivity contribution is -0.114. The average Bonchev–Trinajstić information content (AvgIpc) is 2.39. The Labute approximate surface area is 107 Å². The van der Waals surface area contributed by atoms with Gasteiger partial charge in [0.15, 0.2) is 5.76 Å². The van der Waals surface area contributed by atoms with Gasteiger partial charge in [0.05, 0.1) is 7.11 Å². The zero-order chi connectivity index (χ0) is 13.0. The van der Waals surface area contributed by atoms with Crippen LogP contribution in [0.15, 0.2) is 71.8 Å². The van der Waals surface area contributed by atoms with Crippen LogP contribution in [0.25, 0.3) is 0 Å². The number of allylic oxidation sites excluding steroid dienone is 9. The first-order valence-corrected chi connectivity index (χ1v) is 5.67. The summed E-state index contributed by atoms with van der Waals surface area (Å²) in [5, 5.41) is 0. The molecule has 0 atom stereocenters. The maximum Gasteiger partial charge on any atom is 0.220 e. The van der Waals surface area contributed by atoms with Crippen LogP contribution in [0.2, 0.25) is 0 Å². The molecule has 1 aliphatic carbocycles. The molecule has 0 saturated carbocycles. The van der Waals surface area contributed by atoms with Crippen LogP contribution in [0.4, 0.5) is 0 Å². The van der Waals surface area contributed by atoms with Crippen LogP contribution < -0.4 is 0 Å². The van der Waals surface area contributed by atoms with Crippen molar-refractivity contribution in [3.05, 3.63) is 71.8 Å². The third kappa shape index (κ3) is 2.88. The second-order valence-electron chi connectivity index (χ2n) is 4.04. The van der Waals surface area contributed by atoms with Gasteiger partial charge in [-0.2, -0.15) is 0 Å². The van der Waals surface area contributed by atoms with Crippen LogP contribution in [0.1, 0.15) is 0 Å². The molecule has 0 radical (unpaired) electrons. The van der Waals surface area contributed by atoms with Crippen LogP contribution in [-0.4, -0.2) is 24.8 Å². The fourth-order valence-corrected chi connectivity index (χ4v) is 1.60. The van der Waals surface area contributed by atoms with E-state index in [1.807, 2.05) is 48.7 Å². The molecule has 0 unspecified atom stereocenters. The average molecular weight is 241 g/mol. The van der Waals surface area contributed by atoms with Gasteiger partial charge in [-0.1, -0.05) is 18.2 Å². The predicted molar refractivity (Wildman–Crippen MR) is 71.4 cm³/mol. The summed E-state index contributed by atoms with van der Waals surface area (Å²) < 4.78 is 5.00. The zero-order valence-electron chi connectivity index (χ0n) is 10.5. The van der Waals surface area contributed by atoms with Gasteiger partial charge in [-0.05, 0) is 35.5 Å². The molecular weight excluding hydrogens is 226 g/mol. The van der Waals surface area contributed by atoms with Gasteiger partial charge in [-0.15, -0.1) is 0 Å². The lowest BCUT2D eigenvalue weighted by Crippen LogP contribution is -2.04. The molecule has 0 N–H and O–H groups in total. The second kappa shape index (κ2) is 5.36. The molecule has 18 heavy (non-hydrogen) atoms. The van der Waals surface area contributed by atoms with Crippen LogP contribution in [0.5, 0.6) is 0 Å². The van der Waals surface area contributed by atoms with Gasteiger partial charge in [0.25, 0.3) is 0 Å². The molecule has 2 aliphatic rings. The number of ether oxygens (including phenoxy) is 1. The highest BCUT2D eigenvalue weighted by Gasteiger charge is 2.10. The number of ketones is 1. The van der Waals surface area contributed by atoms with Crippen molar-refractivity contribution in [2.45, 2.75) is 0 Å². The lowest BCUT2D eigenvalue weighted by atomic mass is 10.1. The molecule has 0 saturated heterocycles. The molecule has 1 heterocycles. The summed E-state index contributed by atoms with van der Waals surface area (Å²) in [4.78, 5) is 13.3. The van der Waals surface area contributed by atoms with E-state index >= 15 is 0 Å². The van der Waals surface area contributed by atoms with E-state index in [1.165, 1.54) is 13.2 Å². The zero-order valence-corrected chi connectivity index (χ0v) is 10.5. The molecule has 0 fully saturated rings. The Morgan fingerprint density at radius 1 is 1.06 bits per heavy atom. The summed E-state index contributed by atoms with van der Waals surface area (Å²) >= 11 is 0. The van der Waals surface area contributed by atoms with E-state index in [0.717, 1.165) is 11.1 Å². The summed E-state index contributed by atoms with van der Waals surface area (Å²) in [6, 6.07) is 0. The van der Waals surface area contributed by atoms with E-state index in [9.17, 15) is 4.79 Å². The van der Waals surface area contributed by atoms with Crippen LogP contribution in [0, 0.1) is 0 Å². The van der Waals surface area contributed by atoms with Crippen LogP contribution >= 0.6 is 0 Å². The molecule has 0 bridgehead atoms. The summed E-state index contributed by atoms with van der Waals surface area (Å²) in [7, 11) is 3.48. The molecular formula is C15H15NO2. The Morgan fingerprint density at radius 3 is 2.39 bits per heavy atom. The van der Waals surface area contributed by atoms with Gasteiger partial charge in [-0.3, -0.25) is 4.79 Å². The highest BCUT2D eigenvalue weighted by atomic mass is 16.5. The van der Waals surface area contributed by atoms with Crippen molar-refractivity contribution in [2.24, 2.45) is 0 Å². The number of hydrogen-bond donors (Lipinski definition) is 0. The number of nitrogens with zero attached hydrogens (tertiary/aromatic N) is 1. The highest BCUT2D eigenvalue weighted by molar-refractivity contribution is 6.04. The SMILES string of the molecule is COC1=C/C(=C/C=C2C=CN(C)C=C2)C=CC1=O. The number of carbonyl (C=O) groups excluding carboxylic acids is 1. The predicted octanol–water partition coefficient (Wildman–Crippen LogP) is 2.48. The van der Waals surface area contributed by atoms with Crippen LogP contribution in [0.3, 0.4) is 0 Å². The van der Waals surface area contributed by atoms with E-state index in [2.05, 4.69) is 0 Å². The fourth-order valence-electron chi connectivity index (χ4n) is 1.60. The third-order valence-electron chi connectivity index (χ3n) is 2.66. The van der Waals surface area contributed by atoms with Crippen molar-refractivity contribution >= 4 is 5.78 Å². The largest absolute Gasteiger partial charge is 0.493 e. The lowest BCUT2D eigenvalue weighted by Gasteiger charge is -2.11. The number of rotatable bonds is 2. The van der Waals surface area contributed by atoms with E-state index in [0.29, 0.717) is 5.76 Å². The van der Waals surface area contributed by atoms with Crippen molar-refractivity contribution in [1.29, 1.82) is 0 Å². The monoisotopic (exact) mass is 241 g/mol. The first-order chi connectivity index (χ1) is 8.69. The van der Waals surface area contributed by atoms with Crippen molar-refractivity contribution in [3.63, 3.8) is 0 Å². The van der Waals surface area contributed by atoms with Gasteiger partial charge >= 0.3 is 0 Å². The Balaban J connectivity index is 2.16. The Bertz CT molecular complexity index is 515. The number of methoxy groups -OCH3 is 1. The molecule has 92 valence electrons. The number of carbonyl (C=O) groups is 1. The summed E-state index contributed by atoms with van der Waals surface area (Å²) in [6.45, 7) is 0. The summed E-state index contributed by atoms with van der Waals surface area (Å²) in [6.07, 6.45) is 17.0. The van der Waals surface area contributed by atoms with Gasteiger partial charge < -0.3 is 9.64 Å². The molecule has 0 aromatic heterocycles. The Hall–Kier alpha value is -2.29. The van der Waals surface area contributed by atoms with Gasteiger partial charge in [0.2, 0.25) is 5.78 Å². The van der Waals surface area contributed by atoms with Crippen molar-refractivity contribution < 1.29 is 9.53 Å². The molecule has 0 spiro atoms. The Morgan fingerprint density at radius 2 is 1.72 bits per heavy atom. The standard InChI is InChI=1S/C15H15NO2/c1-16-9-7-12(8-10-16)3-4-13-5-6-14(17)15(11-13)18-2/h3-11H,1-2H3/b13-4+. The third-order valence-corrected chi connectivity index (χ3v) is 2.66. The molecule has 0 aromatic rings. The molecule has 3 heteroatoms. The maximum absolute atomic E-state index is 11.4. The summed E-state index contributed by atoms with van der Waals surface area (Å²) in [5.74, 6) is 0.276. The van der Waals surface area contributed by atoms with E-state index in [1.54, 1.807) is 12.2 Å². The maximum atomic E-state index is 11.4. The molecule has 3 nitrogen and oxygen atoms in total. The fraction of sp³-hybridized carbons (Fsp3) is 0.133. The first-order valence-electron chi connectivity index (χ1n) is 5.67. The molecule has 0 aromatic carbocycles. The minimum Gasteiger partial charge on any atom is -0.493 e. The minimum absolute atomic E-state index is 0.0959. The summed E-state index contributed by atoms with van der Waals surface area (Å²) in [5.41, 5.74) is 2.05. The highest BCUT2D eigenvalue weighted by Crippen LogP contribution is 2.15. The van der Waals surface area contributed by atoms with Gasteiger partial charge in [-0.25, -0.2) is 0 Å². The topological polar surface area (TPSA) is 29.5 Å². The molecule has 0 amide bonds. The van der Waals surface area contributed by atoms with Gasteiger partial charge in [0.1, 0.15) is 0 Å². The first kappa shape index (κ1) is 12.2. The van der Waals surface area contributed by atoms with Crippen molar-refractivity contribution in [2.75, 3.05) is 14.2 Å². The van der Waals surface area contributed by atoms with Crippen molar-refractivity contribution in [3.8, 4) is 0 Å². The smallest absolute Gasteiger partial charge is 0.220 e. The van der Waals surface area contributed by atoms with E-state index < -0.39 is 0 Å². The molecule has 1 aliphatic heterocycles. The minimum atomic E-state index is -0.0959. The molecule has 2 rings (SSSR count). The van der Waals surface area contributed by atoms with E-state index in [-0.39, 0.29) is 5.78 Å². The van der Waals surface area contributed by atoms with Crippen LogP contribution in [-0.2, 0) is 9.53 Å². The second-order valence-corrected chi connectivity index (χ2v) is 4.04. The Kier molecular flexibility index (Phi) is 3.63.